The zero-order valence-electron chi connectivity index (χ0n) is 15.1. The molecule has 0 aromatic heterocycles. The van der Waals surface area contributed by atoms with E-state index in [1.54, 1.807) is 24.3 Å². The van der Waals surface area contributed by atoms with Gasteiger partial charge in [0.2, 0.25) is 0 Å². The molecule has 1 amide bonds. The molecule has 0 radical (unpaired) electrons. The van der Waals surface area contributed by atoms with Crippen LogP contribution in [0.25, 0.3) is 0 Å². The number of hydrogen-bond donors (Lipinski definition) is 1. The Morgan fingerprint density at radius 1 is 1.15 bits per heavy atom. The lowest BCUT2D eigenvalue weighted by Crippen LogP contribution is -2.46. The molecule has 6 nitrogen and oxygen atoms in total. The van der Waals surface area contributed by atoms with Crippen LogP contribution >= 0.6 is 0 Å². The van der Waals surface area contributed by atoms with E-state index in [4.69, 9.17) is 15.1 Å². The van der Waals surface area contributed by atoms with Crippen molar-refractivity contribution < 1.29 is 9.63 Å². The summed E-state index contributed by atoms with van der Waals surface area (Å²) in [4.78, 5) is 25.1. The third-order valence-corrected chi connectivity index (χ3v) is 5.07. The highest BCUT2D eigenvalue weighted by atomic mass is 16.7. The fourth-order valence-electron chi connectivity index (χ4n) is 3.37. The van der Waals surface area contributed by atoms with Crippen molar-refractivity contribution in [2.75, 3.05) is 13.1 Å². The van der Waals surface area contributed by atoms with Crippen LogP contribution in [0.15, 0.2) is 53.5 Å². The Labute approximate surface area is 158 Å². The van der Waals surface area contributed by atoms with Crippen LogP contribution in [0.3, 0.4) is 0 Å². The van der Waals surface area contributed by atoms with E-state index in [2.05, 4.69) is 11.5 Å². The van der Waals surface area contributed by atoms with E-state index >= 15 is 0 Å². The second-order valence-electron chi connectivity index (χ2n) is 6.96. The first kappa shape index (κ1) is 17.3. The molecule has 6 heteroatoms. The van der Waals surface area contributed by atoms with Gasteiger partial charge in [0.15, 0.2) is 11.6 Å². The van der Waals surface area contributed by atoms with Gasteiger partial charge >= 0.3 is 0 Å². The van der Waals surface area contributed by atoms with Crippen LogP contribution in [0.1, 0.15) is 39.9 Å². The van der Waals surface area contributed by atoms with Gasteiger partial charge in [-0.1, -0.05) is 29.8 Å². The lowest BCUT2D eigenvalue weighted by Gasteiger charge is -2.35. The Kier molecular flexibility index (Phi) is 4.38. The highest BCUT2D eigenvalue weighted by Gasteiger charge is 2.41. The number of amidine groups is 1. The molecule has 0 bridgehead atoms. The van der Waals surface area contributed by atoms with E-state index in [0.29, 0.717) is 37.1 Å². The van der Waals surface area contributed by atoms with Crippen LogP contribution in [0.4, 0.5) is 0 Å². The smallest absolute Gasteiger partial charge is 0.253 e. The van der Waals surface area contributed by atoms with Crippen LogP contribution in [-0.4, -0.2) is 35.5 Å². The van der Waals surface area contributed by atoms with E-state index in [1.165, 1.54) is 5.56 Å². The molecule has 4 rings (SSSR count). The summed E-state index contributed by atoms with van der Waals surface area (Å²) in [7, 11) is 0. The fraction of sp³-hybridized carbons (Fsp3) is 0.286. The summed E-state index contributed by atoms with van der Waals surface area (Å²) in [5, 5.41) is 8.87. The molecule has 0 aliphatic carbocycles. The summed E-state index contributed by atoms with van der Waals surface area (Å²) in [6, 6.07) is 16.9. The predicted octanol–water partition coefficient (Wildman–Crippen LogP) is 2.78. The number of piperidine rings is 1. The molecule has 2 heterocycles. The molecule has 136 valence electrons. The van der Waals surface area contributed by atoms with E-state index in [0.717, 1.165) is 11.4 Å². The van der Waals surface area contributed by atoms with Crippen molar-refractivity contribution in [3.8, 4) is 6.07 Å². The van der Waals surface area contributed by atoms with Gasteiger partial charge in [0, 0.05) is 37.1 Å². The number of carbonyl (C=O) groups excluding carboxylic acids is 1. The standard InChI is InChI=1S/C21H20N4O2/c1-15-2-6-17(7-3-15)19-23-21(27-24-19)10-12-25(13-11-21)20(26)18-8-4-16(14-22)5-9-18/h2-9H,10-13H2,1H3,(H,23,24). The number of aryl methyl sites for hydroxylation is 1. The zero-order valence-corrected chi connectivity index (χ0v) is 15.1. The van der Waals surface area contributed by atoms with Crippen molar-refractivity contribution in [3.05, 3.63) is 70.8 Å². The minimum absolute atomic E-state index is 0.0250. The molecule has 0 saturated carbocycles. The van der Waals surface area contributed by atoms with Gasteiger partial charge in [-0.2, -0.15) is 5.26 Å². The van der Waals surface area contributed by atoms with Gasteiger partial charge < -0.3 is 4.90 Å². The minimum atomic E-state index is -0.609. The number of hydroxylamine groups is 1. The molecular formula is C21H20N4O2. The normalized spacial score (nSPS) is 17.9. The number of benzene rings is 2. The molecule has 2 aromatic rings. The predicted molar refractivity (Wildman–Crippen MR) is 101 cm³/mol. The maximum absolute atomic E-state index is 12.7. The van der Waals surface area contributed by atoms with Crippen LogP contribution in [-0.2, 0) is 4.84 Å². The molecule has 1 saturated heterocycles. The Hall–Kier alpha value is -3.17. The van der Waals surface area contributed by atoms with Crippen molar-refractivity contribution in [1.82, 2.24) is 10.4 Å². The number of rotatable bonds is 2. The Morgan fingerprint density at radius 2 is 1.81 bits per heavy atom. The highest BCUT2D eigenvalue weighted by molar-refractivity contribution is 5.99. The first-order valence-corrected chi connectivity index (χ1v) is 8.99. The summed E-state index contributed by atoms with van der Waals surface area (Å²) in [5.41, 5.74) is 5.68. The van der Waals surface area contributed by atoms with Crippen molar-refractivity contribution in [2.45, 2.75) is 25.5 Å². The Bertz CT molecular complexity index is 918. The zero-order chi connectivity index (χ0) is 18.9. The quantitative estimate of drug-likeness (QED) is 0.893. The first-order valence-electron chi connectivity index (χ1n) is 8.99. The second kappa shape index (κ2) is 6.86. The summed E-state index contributed by atoms with van der Waals surface area (Å²) >= 11 is 0. The third-order valence-electron chi connectivity index (χ3n) is 5.07. The van der Waals surface area contributed by atoms with Crippen molar-refractivity contribution in [3.63, 3.8) is 0 Å². The lowest BCUT2D eigenvalue weighted by molar-refractivity contribution is -0.0849. The minimum Gasteiger partial charge on any atom is -0.338 e. The average molecular weight is 360 g/mol. The maximum atomic E-state index is 12.7. The van der Waals surface area contributed by atoms with Gasteiger partial charge in [-0.15, -0.1) is 0 Å². The highest BCUT2D eigenvalue weighted by Crippen LogP contribution is 2.31. The van der Waals surface area contributed by atoms with Crippen molar-refractivity contribution in [2.24, 2.45) is 4.99 Å². The van der Waals surface area contributed by atoms with E-state index < -0.39 is 5.72 Å². The molecule has 0 unspecified atom stereocenters. The Balaban J connectivity index is 1.43. The third kappa shape index (κ3) is 3.42. The second-order valence-corrected chi connectivity index (χ2v) is 6.96. The van der Waals surface area contributed by atoms with Crippen LogP contribution in [0.5, 0.6) is 0 Å². The van der Waals surface area contributed by atoms with Gasteiger partial charge in [0.1, 0.15) is 0 Å². The van der Waals surface area contributed by atoms with Crippen LogP contribution < -0.4 is 5.48 Å². The Morgan fingerprint density at radius 3 is 2.44 bits per heavy atom. The number of carbonyl (C=O) groups is 1. The largest absolute Gasteiger partial charge is 0.338 e. The van der Waals surface area contributed by atoms with Gasteiger partial charge in [-0.3, -0.25) is 4.79 Å². The van der Waals surface area contributed by atoms with Gasteiger partial charge in [-0.05, 0) is 31.2 Å². The van der Waals surface area contributed by atoms with E-state index in [1.807, 2.05) is 36.1 Å². The molecule has 1 spiro atoms. The summed E-state index contributed by atoms with van der Waals surface area (Å²) in [5.74, 6) is 0.713. The lowest BCUT2D eigenvalue weighted by atomic mass is 10.00. The van der Waals surface area contributed by atoms with E-state index in [9.17, 15) is 4.79 Å². The maximum Gasteiger partial charge on any atom is 0.253 e. The van der Waals surface area contributed by atoms with Crippen molar-refractivity contribution in [1.29, 1.82) is 5.26 Å². The van der Waals surface area contributed by atoms with Gasteiger partial charge in [-0.25, -0.2) is 15.3 Å². The van der Waals surface area contributed by atoms with Crippen LogP contribution in [0.2, 0.25) is 0 Å². The summed E-state index contributed by atoms with van der Waals surface area (Å²) < 4.78 is 0. The monoisotopic (exact) mass is 360 g/mol. The molecule has 1 fully saturated rings. The molecular weight excluding hydrogens is 340 g/mol. The average Bonchev–Trinajstić information content (AvgIpc) is 3.12. The topological polar surface area (TPSA) is 77.7 Å². The molecule has 27 heavy (non-hydrogen) atoms. The number of hydrogen-bond acceptors (Lipinski definition) is 5. The molecule has 1 N–H and O–H groups in total. The molecule has 2 aliphatic heterocycles. The number of likely N-dealkylation sites (tertiary alicyclic amines) is 1. The molecule has 0 atom stereocenters. The van der Waals surface area contributed by atoms with Gasteiger partial charge in [0.25, 0.3) is 5.91 Å². The first-order chi connectivity index (χ1) is 13.1. The van der Waals surface area contributed by atoms with Crippen molar-refractivity contribution >= 4 is 11.7 Å². The van der Waals surface area contributed by atoms with Gasteiger partial charge in [0.05, 0.1) is 11.6 Å². The number of nitrogens with one attached hydrogen (secondary N) is 1. The molecule has 2 aromatic carbocycles. The van der Waals surface area contributed by atoms with Crippen LogP contribution in [0, 0.1) is 18.3 Å². The van der Waals surface area contributed by atoms with E-state index in [-0.39, 0.29) is 5.91 Å². The summed E-state index contributed by atoms with van der Waals surface area (Å²) in [6.45, 7) is 3.20. The number of amides is 1. The SMILES string of the molecule is Cc1ccc(C2=NC3(CCN(C(=O)c4ccc(C#N)cc4)CC3)ON2)cc1. The summed E-state index contributed by atoms with van der Waals surface area (Å²) in [6.07, 6.45) is 1.27. The fourth-order valence-corrected chi connectivity index (χ4v) is 3.37. The molecule has 2 aliphatic rings. The number of aliphatic imine (C=N–C) groups is 1. The number of nitrogens with zero attached hydrogens (tertiary/aromatic N) is 3. The number of nitriles is 1.